The molecular weight excluding hydrogens is 414 g/mol. The van der Waals surface area contributed by atoms with Crippen molar-refractivity contribution in [3.05, 3.63) is 35.8 Å². The summed E-state index contributed by atoms with van der Waals surface area (Å²) in [6.45, 7) is 2.62. The van der Waals surface area contributed by atoms with Crippen LogP contribution >= 0.6 is 0 Å². The fourth-order valence-electron chi connectivity index (χ4n) is 3.60. The summed E-state index contributed by atoms with van der Waals surface area (Å²) in [5.74, 6) is 0.514. The highest BCUT2D eigenvalue weighted by Gasteiger charge is 2.37. The predicted octanol–water partition coefficient (Wildman–Crippen LogP) is 2.09. The van der Waals surface area contributed by atoms with Gasteiger partial charge in [0.05, 0.1) is 43.3 Å². The summed E-state index contributed by atoms with van der Waals surface area (Å²) in [4.78, 5) is 24.3. The first-order chi connectivity index (χ1) is 15.5. The number of carboxylic acid groups (broad SMARTS) is 1. The van der Waals surface area contributed by atoms with Gasteiger partial charge < -0.3 is 19.9 Å². The van der Waals surface area contributed by atoms with Crippen molar-refractivity contribution in [3.63, 3.8) is 0 Å². The van der Waals surface area contributed by atoms with Crippen LogP contribution in [0.15, 0.2) is 24.4 Å². The second-order valence-corrected chi connectivity index (χ2v) is 7.66. The lowest BCUT2D eigenvalue weighted by Gasteiger charge is -2.33. The number of carboxylic acids is 1. The zero-order valence-corrected chi connectivity index (χ0v) is 18.1. The Bertz CT molecular complexity index is 1120. The summed E-state index contributed by atoms with van der Waals surface area (Å²) in [7, 11) is 3.36. The average Bonchev–Trinajstić information content (AvgIpc) is 3.12. The van der Waals surface area contributed by atoms with Gasteiger partial charge in [0.2, 0.25) is 11.8 Å². The number of ether oxygens (including phenoxy) is 2. The maximum absolute atomic E-state index is 11.2. The monoisotopic (exact) mass is 439 g/mol. The van der Waals surface area contributed by atoms with E-state index in [1.807, 2.05) is 26.1 Å². The van der Waals surface area contributed by atoms with Crippen molar-refractivity contribution in [3.8, 4) is 23.0 Å². The van der Waals surface area contributed by atoms with Gasteiger partial charge in [0, 0.05) is 25.2 Å². The summed E-state index contributed by atoms with van der Waals surface area (Å²) < 4.78 is 12.7. The van der Waals surface area contributed by atoms with E-state index >= 15 is 0 Å². The number of nitrogens with zero attached hydrogens (tertiary/aromatic N) is 6. The minimum Gasteiger partial charge on any atom is -0.491 e. The Hall–Kier alpha value is -3.76. The van der Waals surface area contributed by atoms with E-state index in [1.54, 1.807) is 24.1 Å². The molecule has 0 bridgehead atoms. The smallest absolute Gasteiger partial charge is 0.306 e. The van der Waals surface area contributed by atoms with Crippen molar-refractivity contribution in [1.29, 1.82) is 0 Å². The van der Waals surface area contributed by atoms with Crippen molar-refractivity contribution in [1.82, 2.24) is 29.9 Å². The van der Waals surface area contributed by atoms with Crippen molar-refractivity contribution >= 4 is 11.9 Å². The number of aryl methyl sites for hydroxylation is 2. The predicted molar refractivity (Wildman–Crippen MR) is 114 cm³/mol. The molecule has 0 spiro atoms. The van der Waals surface area contributed by atoms with Gasteiger partial charge in [-0.2, -0.15) is 4.98 Å². The number of rotatable bonds is 9. The lowest BCUT2D eigenvalue weighted by Crippen LogP contribution is -2.36. The molecule has 32 heavy (non-hydrogen) atoms. The minimum absolute atomic E-state index is 0.0445. The number of carbonyl (C=O) groups is 1. The van der Waals surface area contributed by atoms with E-state index in [0.717, 1.165) is 12.1 Å². The Labute approximate surface area is 184 Å². The fourth-order valence-corrected chi connectivity index (χ4v) is 3.60. The van der Waals surface area contributed by atoms with Crippen LogP contribution in [0, 0.1) is 18.8 Å². The zero-order valence-electron chi connectivity index (χ0n) is 18.1. The number of hydrogen-bond acceptors (Lipinski definition) is 9. The standard InChI is InChI=1S/C21H25N7O4/c1-12-17(32-11-13-4-5-14(13)20(29)30)7-6-15(24-12)19-16(28(2)27-26-19)10-23-21-22-9-8-18(25-21)31-3/h6-9,13-14H,4-5,10-11H2,1-3H3,(H,29,30)(H,22,23,25)/t13-,14+/m0/s1. The Balaban J connectivity index is 1.45. The molecule has 1 aliphatic carbocycles. The molecule has 3 aromatic heterocycles. The lowest BCUT2D eigenvalue weighted by atomic mass is 9.74. The number of hydrogen-bond donors (Lipinski definition) is 2. The van der Waals surface area contributed by atoms with Crippen LogP contribution < -0.4 is 14.8 Å². The van der Waals surface area contributed by atoms with Crippen LogP contribution in [0.25, 0.3) is 11.4 Å². The third-order valence-corrected chi connectivity index (χ3v) is 5.66. The molecule has 168 valence electrons. The first kappa shape index (κ1) is 21.5. The van der Waals surface area contributed by atoms with Crippen molar-refractivity contribution in [2.45, 2.75) is 26.3 Å². The molecular formula is C21H25N7O4. The molecule has 1 saturated carbocycles. The van der Waals surface area contributed by atoms with E-state index < -0.39 is 5.97 Å². The normalized spacial score (nSPS) is 17.5. The van der Waals surface area contributed by atoms with Gasteiger partial charge in [-0.1, -0.05) is 5.21 Å². The highest BCUT2D eigenvalue weighted by atomic mass is 16.5. The summed E-state index contributed by atoms with van der Waals surface area (Å²) in [6.07, 6.45) is 3.20. The van der Waals surface area contributed by atoms with Crippen LogP contribution in [-0.2, 0) is 18.4 Å². The van der Waals surface area contributed by atoms with E-state index in [0.29, 0.717) is 54.2 Å². The number of aromatic nitrogens is 6. The maximum atomic E-state index is 11.2. The average molecular weight is 439 g/mol. The second-order valence-electron chi connectivity index (χ2n) is 7.66. The highest BCUT2D eigenvalue weighted by Crippen LogP contribution is 2.35. The Morgan fingerprint density at radius 1 is 1.28 bits per heavy atom. The molecule has 0 aliphatic heterocycles. The van der Waals surface area contributed by atoms with Gasteiger partial charge in [-0.15, -0.1) is 5.10 Å². The van der Waals surface area contributed by atoms with Gasteiger partial charge in [0.25, 0.3) is 0 Å². The molecule has 11 nitrogen and oxygen atoms in total. The molecule has 11 heteroatoms. The summed E-state index contributed by atoms with van der Waals surface area (Å²) in [5, 5.41) is 20.7. The third-order valence-electron chi connectivity index (χ3n) is 5.66. The SMILES string of the molecule is COc1ccnc(NCc2c(-c3ccc(OC[C@@H]4CC[C@H]4C(=O)O)c(C)n3)nnn2C)n1. The quantitative estimate of drug-likeness (QED) is 0.510. The molecule has 0 saturated heterocycles. The molecule has 3 heterocycles. The van der Waals surface area contributed by atoms with Gasteiger partial charge in [-0.05, 0) is 31.9 Å². The van der Waals surface area contributed by atoms with Gasteiger partial charge >= 0.3 is 5.97 Å². The Kier molecular flexibility index (Phi) is 6.15. The van der Waals surface area contributed by atoms with Crippen LogP contribution in [0.3, 0.4) is 0 Å². The van der Waals surface area contributed by atoms with Crippen molar-refractivity contribution < 1.29 is 19.4 Å². The molecule has 0 unspecified atom stereocenters. The summed E-state index contributed by atoms with van der Waals surface area (Å²) in [5.41, 5.74) is 2.82. The van der Waals surface area contributed by atoms with Gasteiger partial charge in [0.1, 0.15) is 11.4 Å². The number of anilines is 1. The topological polar surface area (TPSA) is 137 Å². The van der Waals surface area contributed by atoms with Gasteiger partial charge in [-0.25, -0.2) is 14.6 Å². The third kappa shape index (κ3) is 4.46. The Morgan fingerprint density at radius 3 is 2.81 bits per heavy atom. The zero-order chi connectivity index (χ0) is 22.7. The molecule has 0 radical (unpaired) electrons. The summed E-state index contributed by atoms with van der Waals surface area (Å²) in [6, 6.07) is 5.34. The Morgan fingerprint density at radius 2 is 2.12 bits per heavy atom. The first-order valence-electron chi connectivity index (χ1n) is 10.3. The number of methoxy groups -OCH3 is 1. The van der Waals surface area contributed by atoms with E-state index in [9.17, 15) is 9.90 Å². The molecule has 1 aliphatic rings. The van der Waals surface area contributed by atoms with Gasteiger partial charge in [0.15, 0.2) is 0 Å². The molecule has 2 N–H and O–H groups in total. The van der Waals surface area contributed by atoms with Gasteiger partial charge in [-0.3, -0.25) is 4.79 Å². The van der Waals surface area contributed by atoms with Crippen LogP contribution in [0.1, 0.15) is 24.2 Å². The first-order valence-corrected chi connectivity index (χ1v) is 10.3. The number of nitrogens with one attached hydrogen (secondary N) is 1. The van der Waals surface area contributed by atoms with Crippen LogP contribution in [-0.4, -0.2) is 54.7 Å². The molecule has 3 aromatic rings. The van der Waals surface area contributed by atoms with Crippen LogP contribution in [0.5, 0.6) is 11.6 Å². The molecule has 0 amide bonds. The van der Waals surface area contributed by atoms with E-state index in [4.69, 9.17) is 9.47 Å². The molecule has 2 atom stereocenters. The molecule has 1 fully saturated rings. The van der Waals surface area contributed by atoms with Crippen molar-refractivity contribution in [2.75, 3.05) is 19.0 Å². The van der Waals surface area contributed by atoms with Crippen LogP contribution in [0.2, 0.25) is 0 Å². The maximum Gasteiger partial charge on any atom is 0.306 e. The molecule has 4 rings (SSSR count). The second kappa shape index (κ2) is 9.16. The van der Waals surface area contributed by atoms with E-state index in [2.05, 4.69) is 30.6 Å². The summed E-state index contributed by atoms with van der Waals surface area (Å²) >= 11 is 0. The van der Waals surface area contributed by atoms with E-state index in [1.165, 1.54) is 0 Å². The van der Waals surface area contributed by atoms with E-state index in [-0.39, 0.29) is 11.8 Å². The minimum atomic E-state index is -0.752. The van der Waals surface area contributed by atoms with Crippen LogP contribution in [0.4, 0.5) is 5.95 Å². The lowest BCUT2D eigenvalue weighted by molar-refractivity contribution is -0.148. The highest BCUT2D eigenvalue weighted by molar-refractivity contribution is 5.71. The molecule has 0 aromatic carbocycles. The number of aliphatic carboxylic acids is 1. The number of pyridine rings is 1. The fraction of sp³-hybridized carbons (Fsp3) is 0.429. The van der Waals surface area contributed by atoms with Crippen molar-refractivity contribution in [2.24, 2.45) is 18.9 Å². The largest absolute Gasteiger partial charge is 0.491 e.